The van der Waals surface area contributed by atoms with Crippen LogP contribution in [0.4, 0.5) is 24.9 Å². The number of hydrogen-bond acceptors (Lipinski definition) is 5. The molecule has 2 heterocycles. The van der Waals surface area contributed by atoms with Gasteiger partial charge < -0.3 is 16.0 Å². The quantitative estimate of drug-likeness (QED) is 0.818. The molecule has 142 valence electrons. The van der Waals surface area contributed by atoms with Gasteiger partial charge in [-0.2, -0.15) is 18.2 Å². The van der Waals surface area contributed by atoms with Gasteiger partial charge in [0.15, 0.2) is 0 Å². The minimum absolute atomic E-state index is 0. The van der Waals surface area contributed by atoms with Crippen molar-refractivity contribution in [2.75, 3.05) is 23.7 Å². The molecule has 1 fully saturated rings. The molecule has 0 aromatic carbocycles. The van der Waals surface area contributed by atoms with Gasteiger partial charge in [-0.1, -0.05) is 13.8 Å². The van der Waals surface area contributed by atoms with Crippen molar-refractivity contribution in [1.82, 2.24) is 15.3 Å². The highest BCUT2D eigenvalue weighted by Gasteiger charge is 2.37. The van der Waals surface area contributed by atoms with Crippen molar-refractivity contribution in [3.8, 4) is 0 Å². The third-order valence-electron chi connectivity index (χ3n) is 4.15. The van der Waals surface area contributed by atoms with Gasteiger partial charge in [0.25, 0.3) is 0 Å². The Balaban J connectivity index is 0.00000312. The summed E-state index contributed by atoms with van der Waals surface area (Å²) in [5, 5.41) is 2.73. The fraction of sp³-hybridized carbons (Fsp3) is 0.667. The van der Waals surface area contributed by atoms with Gasteiger partial charge in [0.1, 0.15) is 5.82 Å². The van der Waals surface area contributed by atoms with Gasteiger partial charge in [-0.05, 0) is 12.0 Å². The van der Waals surface area contributed by atoms with Crippen molar-refractivity contribution in [1.29, 1.82) is 0 Å². The average molecular weight is 382 g/mol. The van der Waals surface area contributed by atoms with Crippen molar-refractivity contribution in [2.45, 2.75) is 38.9 Å². The second-order valence-corrected chi connectivity index (χ2v) is 6.38. The Morgan fingerprint density at radius 2 is 2.12 bits per heavy atom. The molecule has 1 aromatic heterocycles. The zero-order valence-electron chi connectivity index (χ0n) is 14.1. The smallest absolute Gasteiger partial charge is 0.384 e. The van der Waals surface area contributed by atoms with Crippen LogP contribution in [0.5, 0.6) is 0 Å². The first-order chi connectivity index (χ1) is 11.2. The molecule has 0 radical (unpaired) electrons. The zero-order valence-corrected chi connectivity index (χ0v) is 14.9. The van der Waals surface area contributed by atoms with Gasteiger partial charge in [-0.15, -0.1) is 12.4 Å². The minimum Gasteiger partial charge on any atom is -0.384 e. The molecule has 3 N–H and O–H groups in total. The van der Waals surface area contributed by atoms with E-state index < -0.39 is 24.9 Å². The maximum Gasteiger partial charge on any atom is 0.389 e. The van der Waals surface area contributed by atoms with Crippen molar-refractivity contribution < 1.29 is 18.0 Å². The van der Waals surface area contributed by atoms with Crippen molar-refractivity contribution in [2.24, 2.45) is 11.8 Å². The molecule has 0 spiro atoms. The summed E-state index contributed by atoms with van der Waals surface area (Å²) >= 11 is 0. The van der Waals surface area contributed by atoms with Crippen LogP contribution in [0.1, 0.15) is 26.7 Å². The predicted octanol–water partition coefficient (Wildman–Crippen LogP) is 2.40. The summed E-state index contributed by atoms with van der Waals surface area (Å²) in [5.41, 5.74) is 5.66. The highest BCUT2D eigenvalue weighted by Crippen LogP contribution is 2.28. The van der Waals surface area contributed by atoms with E-state index >= 15 is 0 Å². The lowest BCUT2D eigenvalue weighted by atomic mass is 9.91. The third kappa shape index (κ3) is 6.22. The van der Waals surface area contributed by atoms with Crippen LogP contribution in [-0.4, -0.2) is 41.2 Å². The number of anilines is 2. The summed E-state index contributed by atoms with van der Waals surface area (Å²) in [6.45, 7) is 5.10. The fourth-order valence-electron chi connectivity index (χ4n) is 2.87. The normalized spacial score (nSPS) is 20.5. The van der Waals surface area contributed by atoms with E-state index in [0.717, 1.165) is 0 Å². The first-order valence-corrected chi connectivity index (χ1v) is 7.85. The molecule has 0 saturated carbocycles. The Hall–Kier alpha value is -1.77. The van der Waals surface area contributed by atoms with E-state index in [1.54, 1.807) is 12.3 Å². The molecule has 1 amide bonds. The van der Waals surface area contributed by atoms with Crippen molar-refractivity contribution in [3.63, 3.8) is 0 Å². The lowest BCUT2D eigenvalue weighted by molar-refractivity contribution is -0.144. The molecule has 1 aliphatic rings. The summed E-state index contributed by atoms with van der Waals surface area (Å²) in [6.07, 6.45) is -4.44. The molecular formula is C15H23ClF3N5O. The van der Waals surface area contributed by atoms with E-state index in [1.807, 2.05) is 18.7 Å². The van der Waals surface area contributed by atoms with Crippen LogP contribution >= 0.6 is 12.4 Å². The van der Waals surface area contributed by atoms with Crippen LogP contribution in [0.3, 0.4) is 0 Å². The summed E-state index contributed by atoms with van der Waals surface area (Å²) in [6, 6.07) is 1.34. The molecule has 6 nitrogen and oxygen atoms in total. The lowest BCUT2D eigenvalue weighted by Crippen LogP contribution is -2.42. The summed E-state index contributed by atoms with van der Waals surface area (Å²) in [7, 11) is 0. The zero-order chi connectivity index (χ0) is 17.9. The molecule has 2 rings (SSSR count). The SMILES string of the molecule is CC(C)[C@H]1CN(c2nccc(N)n2)C[C@@H]1NC(=O)CCC(F)(F)F.Cl. The molecule has 25 heavy (non-hydrogen) atoms. The second-order valence-electron chi connectivity index (χ2n) is 6.38. The molecule has 0 aliphatic carbocycles. The number of carbonyl (C=O) groups excluding carboxylic acids is 1. The monoisotopic (exact) mass is 381 g/mol. The van der Waals surface area contributed by atoms with E-state index in [-0.39, 0.29) is 30.3 Å². The number of nitrogens with one attached hydrogen (secondary N) is 1. The highest BCUT2D eigenvalue weighted by molar-refractivity contribution is 5.85. The number of aromatic nitrogens is 2. The van der Waals surface area contributed by atoms with Crippen molar-refractivity contribution in [3.05, 3.63) is 12.3 Å². The van der Waals surface area contributed by atoms with Crippen molar-refractivity contribution >= 4 is 30.1 Å². The number of halogens is 4. The van der Waals surface area contributed by atoms with Gasteiger partial charge in [0.2, 0.25) is 11.9 Å². The topological polar surface area (TPSA) is 84.1 Å². The first-order valence-electron chi connectivity index (χ1n) is 7.85. The maximum atomic E-state index is 12.2. The lowest BCUT2D eigenvalue weighted by Gasteiger charge is -2.22. The first kappa shape index (κ1) is 21.3. The van der Waals surface area contributed by atoms with E-state index in [1.165, 1.54) is 0 Å². The number of nitrogen functional groups attached to an aromatic ring is 1. The van der Waals surface area contributed by atoms with Crippen LogP contribution in [0, 0.1) is 11.8 Å². The van der Waals surface area contributed by atoms with Crippen LogP contribution in [0.2, 0.25) is 0 Å². The van der Waals surface area contributed by atoms with E-state index in [9.17, 15) is 18.0 Å². The van der Waals surface area contributed by atoms with E-state index in [4.69, 9.17) is 5.73 Å². The number of alkyl halides is 3. The molecule has 10 heteroatoms. The number of rotatable bonds is 5. The van der Waals surface area contributed by atoms with Gasteiger partial charge in [0, 0.05) is 31.6 Å². The molecule has 0 unspecified atom stereocenters. The predicted molar refractivity (Wildman–Crippen MR) is 91.5 cm³/mol. The summed E-state index contributed by atoms with van der Waals surface area (Å²) < 4.78 is 36.7. The Morgan fingerprint density at radius 1 is 1.44 bits per heavy atom. The highest BCUT2D eigenvalue weighted by atomic mass is 35.5. The van der Waals surface area contributed by atoms with Crippen LogP contribution < -0.4 is 16.0 Å². The van der Waals surface area contributed by atoms with Gasteiger partial charge in [-0.3, -0.25) is 4.79 Å². The Labute approximate surface area is 150 Å². The Morgan fingerprint density at radius 3 is 2.68 bits per heavy atom. The Kier molecular flexibility index (Phi) is 7.28. The molecular weight excluding hydrogens is 359 g/mol. The molecule has 2 atom stereocenters. The number of nitrogens with zero attached hydrogens (tertiary/aromatic N) is 3. The third-order valence-corrected chi connectivity index (χ3v) is 4.15. The molecule has 1 aliphatic heterocycles. The molecule has 0 bridgehead atoms. The van der Waals surface area contributed by atoms with E-state index in [2.05, 4.69) is 15.3 Å². The second kappa shape index (κ2) is 8.55. The standard InChI is InChI=1S/C15H22F3N5O.ClH/c1-9(2)10-7-23(14-20-6-4-12(19)22-14)8-11(10)21-13(24)3-5-15(16,17)18;/h4,6,9-11H,3,5,7-8H2,1-2H3,(H,21,24)(H2,19,20,22);1H/t10-,11+;/m1./s1. The number of carbonyl (C=O) groups is 1. The fourth-order valence-corrected chi connectivity index (χ4v) is 2.87. The number of hydrogen-bond donors (Lipinski definition) is 2. The van der Waals surface area contributed by atoms with E-state index in [0.29, 0.717) is 24.9 Å². The molecule has 1 saturated heterocycles. The molecule has 1 aromatic rings. The number of nitrogens with two attached hydrogens (primary N) is 1. The van der Waals surface area contributed by atoms with Gasteiger partial charge >= 0.3 is 6.18 Å². The van der Waals surface area contributed by atoms with Gasteiger partial charge in [0.05, 0.1) is 12.5 Å². The summed E-state index contributed by atoms with van der Waals surface area (Å²) in [4.78, 5) is 22.1. The Bertz CT molecular complexity index is 585. The summed E-state index contributed by atoms with van der Waals surface area (Å²) in [5.74, 6) is 0.582. The van der Waals surface area contributed by atoms with Crippen LogP contribution in [-0.2, 0) is 4.79 Å². The average Bonchev–Trinajstić information content (AvgIpc) is 2.88. The number of amides is 1. The van der Waals surface area contributed by atoms with Crippen LogP contribution in [0.25, 0.3) is 0 Å². The minimum atomic E-state index is -4.33. The van der Waals surface area contributed by atoms with Gasteiger partial charge in [-0.25, -0.2) is 4.98 Å². The largest absolute Gasteiger partial charge is 0.389 e. The maximum absolute atomic E-state index is 12.2. The van der Waals surface area contributed by atoms with Crippen LogP contribution in [0.15, 0.2) is 12.3 Å².